The third-order valence-electron chi connectivity index (χ3n) is 3.89. The number of unbranched alkanes of at least 4 members (excludes halogenated alkanes) is 3. The van der Waals surface area contributed by atoms with Gasteiger partial charge in [0.15, 0.2) is 0 Å². The van der Waals surface area contributed by atoms with E-state index in [2.05, 4.69) is 43.1 Å². The standard InChI is InChI=1S/C17H29N3O.2ClH/c1-3-4-5-6-11-20(2)16-9-7-14(8-10-16)12-15(13-18)17(19)21;;/h7-10,15H,3-6,11-13,18H2,1-2H3,(H2,19,21);2*1H. The molecule has 0 saturated heterocycles. The van der Waals surface area contributed by atoms with Crippen LogP contribution >= 0.6 is 24.8 Å². The molecule has 4 nitrogen and oxygen atoms in total. The average molecular weight is 364 g/mol. The van der Waals surface area contributed by atoms with Crippen LogP contribution < -0.4 is 16.4 Å². The largest absolute Gasteiger partial charge is 0.375 e. The minimum atomic E-state index is -0.324. The van der Waals surface area contributed by atoms with Gasteiger partial charge in [-0.1, -0.05) is 38.3 Å². The second-order valence-corrected chi connectivity index (χ2v) is 5.69. The second kappa shape index (κ2) is 13.5. The Labute approximate surface area is 152 Å². The fraction of sp³-hybridized carbons (Fsp3) is 0.588. The van der Waals surface area contributed by atoms with Crippen molar-refractivity contribution >= 4 is 36.4 Å². The van der Waals surface area contributed by atoms with E-state index in [1.807, 2.05) is 0 Å². The molecule has 0 bridgehead atoms. The van der Waals surface area contributed by atoms with E-state index in [4.69, 9.17) is 11.5 Å². The fourth-order valence-electron chi connectivity index (χ4n) is 2.38. The Morgan fingerprint density at radius 1 is 1.13 bits per heavy atom. The molecule has 1 atom stereocenters. The molecule has 0 fully saturated rings. The van der Waals surface area contributed by atoms with Gasteiger partial charge >= 0.3 is 0 Å². The van der Waals surface area contributed by atoms with Crippen molar-refractivity contribution in [2.45, 2.75) is 39.0 Å². The highest BCUT2D eigenvalue weighted by Crippen LogP contribution is 2.17. The zero-order valence-corrected chi connectivity index (χ0v) is 15.8. The van der Waals surface area contributed by atoms with Crippen molar-refractivity contribution in [1.82, 2.24) is 0 Å². The lowest BCUT2D eigenvalue weighted by molar-refractivity contribution is -0.121. The van der Waals surface area contributed by atoms with Gasteiger partial charge < -0.3 is 16.4 Å². The number of nitrogens with two attached hydrogens (primary N) is 2. The number of halogens is 2. The van der Waals surface area contributed by atoms with Crippen LogP contribution in [0.2, 0.25) is 0 Å². The van der Waals surface area contributed by atoms with Crippen LogP contribution in [0.5, 0.6) is 0 Å². The van der Waals surface area contributed by atoms with Gasteiger partial charge in [-0.3, -0.25) is 4.79 Å². The lowest BCUT2D eigenvalue weighted by Gasteiger charge is -2.20. The topological polar surface area (TPSA) is 72.3 Å². The van der Waals surface area contributed by atoms with E-state index in [1.54, 1.807) is 0 Å². The fourth-order valence-corrected chi connectivity index (χ4v) is 2.38. The molecule has 1 rings (SSSR count). The maximum atomic E-state index is 11.2. The number of amides is 1. The Balaban J connectivity index is 0. The Morgan fingerprint density at radius 3 is 2.22 bits per heavy atom. The van der Waals surface area contributed by atoms with Crippen LogP contribution in [0.1, 0.15) is 38.2 Å². The van der Waals surface area contributed by atoms with E-state index < -0.39 is 0 Å². The molecule has 6 heteroatoms. The third kappa shape index (κ3) is 9.04. The molecule has 0 spiro atoms. The molecule has 1 unspecified atom stereocenters. The van der Waals surface area contributed by atoms with Crippen molar-refractivity contribution in [3.05, 3.63) is 29.8 Å². The predicted molar refractivity (Wildman–Crippen MR) is 104 cm³/mol. The number of rotatable bonds is 10. The molecular formula is C17H31Cl2N3O. The van der Waals surface area contributed by atoms with E-state index >= 15 is 0 Å². The van der Waals surface area contributed by atoms with Crippen LogP contribution in [-0.2, 0) is 11.2 Å². The smallest absolute Gasteiger partial charge is 0.222 e. The summed E-state index contributed by atoms with van der Waals surface area (Å²) in [4.78, 5) is 13.5. The first-order valence-corrected chi connectivity index (χ1v) is 7.88. The maximum Gasteiger partial charge on any atom is 0.222 e. The van der Waals surface area contributed by atoms with E-state index in [1.165, 1.54) is 31.4 Å². The highest BCUT2D eigenvalue weighted by molar-refractivity contribution is 5.85. The Bertz CT molecular complexity index is 426. The molecule has 0 saturated carbocycles. The molecule has 0 aliphatic heterocycles. The van der Waals surface area contributed by atoms with Crippen molar-refractivity contribution in [2.75, 3.05) is 25.0 Å². The normalized spacial score (nSPS) is 11.1. The molecule has 0 aromatic heterocycles. The first-order valence-electron chi connectivity index (χ1n) is 7.88. The lowest BCUT2D eigenvalue weighted by Crippen LogP contribution is -2.31. The van der Waals surface area contributed by atoms with Gasteiger partial charge in [-0.25, -0.2) is 0 Å². The summed E-state index contributed by atoms with van der Waals surface area (Å²) in [5.41, 5.74) is 13.2. The molecule has 0 heterocycles. The minimum absolute atomic E-state index is 0. The van der Waals surface area contributed by atoms with Crippen LogP contribution in [0.15, 0.2) is 24.3 Å². The van der Waals surface area contributed by atoms with Crippen LogP contribution in [-0.4, -0.2) is 26.0 Å². The summed E-state index contributed by atoms with van der Waals surface area (Å²) >= 11 is 0. The second-order valence-electron chi connectivity index (χ2n) is 5.69. The van der Waals surface area contributed by atoms with E-state index in [0.717, 1.165) is 12.1 Å². The Morgan fingerprint density at radius 2 is 1.74 bits per heavy atom. The molecule has 23 heavy (non-hydrogen) atoms. The third-order valence-corrected chi connectivity index (χ3v) is 3.89. The van der Waals surface area contributed by atoms with Crippen molar-refractivity contribution in [1.29, 1.82) is 0 Å². The first-order chi connectivity index (χ1) is 10.1. The van der Waals surface area contributed by atoms with Gasteiger partial charge in [0.2, 0.25) is 5.91 Å². The van der Waals surface area contributed by atoms with Gasteiger partial charge in [-0.2, -0.15) is 0 Å². The zero-order valence-electron chi connectivity index (χ0n) is 14.2. The quantitative estimate of drug-likeness (QED) is 0.627. The number of nitrogens with zero attached hydrogens (tertiary/aromatic N) is 1. The van der Waals surface area contributed by atoms with Gasteiger partial charge in [0.05, 0.1) is 5.92 Å². The summed E-state index contributed by atoms with van der Waals surface area (Å²) in [5.74, 6) is -0.600. The molecular weight excluding hydrogens is 333 g/mol. The number of carbonyl (C=O) groups excluding carboxylic acids is 1. The number of benzene rings is 1. The average Bonchev–Trinajstić information content (AvgIpc) is 2.49. The van der Waals surface area contributed by atoms with Crippen LogP contribution in [0.4, 0.5) is 5.69 Å². The van der Waals surface area contributed by atoms with Crippen LogP contribution in [0.3, 0.4) is 0 Å². The van der Waals surface area contributed by atoms with Crippen LogP contribution in [0.25, 0.3) is 0 Å². The van der Waals surface area contributed by atoms with Crippen LogP contribution in [0, 0.1) is 5.92 Å². The maximum absolute atomic E-state index is 11.2. The Kier molecular flexibility index (Phi) is 14.2. The summed E-state index contributed by atoms with van der Waals surface area (Å²) in [6, 6.07) is 8.32. The van der Waals surface area contributed by atoms with Gasteiger partial charge in [-0.05, 0) is 30.5 Å². The summed E-state index contributed by atoms with van der Waals surface area (Å²) in [6.45, 7) is 3.60. The molecule has 4 N–H and O–H groups in total. The molecule has 0 aliphatic carbocycles. The number of hydrogen-bond donors (Lipinski definition) is 2. The predicted octanol–water partition coefficient (Wildman–Crippen LogP) is 3.15. The minimum Gasteiger partial charge on any atom is -0.375 e. The summed E-state index contributed by atoms with van der Waals surface area (Å²) < 4.78 is 0. The van der Waals surface area contributed by atoms with Crippen molar-refractivity contribution in [3.63, 3.8) is 0 Å². The molecule has 0 aliphatic rings. The molecule has 134 valence electrons. The van der Waals surface area contributed by atoms with Crippen molar-refractivity contribution < 1.29 is 4.79 Å². The van der Waals surface area contributed by atoms with E-state index in [-0.39, 0.29) is 36.6 Å². The number of carbonyl (C=O) groups is 1. The van der Waals surface area contributed by atoms with E-state index in [0.29, 0.717) is 13.0 Å². The SMILES string of the molecule is CCCCCCN(C)c1ccc(CC(CN)C(N)=O)cc1.Cl.Cl. The zero-order chi connectivity index (χ0) is 15.7. The lowest BCUT2D eigenvalue weighted by atomic mass is 9.98. The summed E-state index contributed by atoms with van der Waals surface area (Å²) in [7, 11) is 2.12. The van der Waals surface area contributed by atoms with Crippen molar-refractivity contribution in [2.24, 2.45) is 17.4 Å². The highest BCUT2D eigenvalue weighted by Gasteiger charge is 2.13. The first kappa shape index (κ1) is 24.3. The van der Waals surface area contributed by atoms with Gasteiger partial charge in [0, 0.05) is 25.8 Å². The Hall–Kier alpha value is -0.970. The van der Waals surface area contributed by atoms with Gasteiger partial charge in [0.25, 0.3) is 0 Å². The monoisotopic (exact) mass is 363 g/mol. The van der Waals surface area contributed by atoms with Crippen molar-refractivity contribution in [3.8, 4) is 0 Å². The molecule has 1 aromatic carbocycles. The number of anilines is 1. The molecule has 1 amide bonds. The number of primary amides is 1. The highest BCUT2D eigenvalue weighted by atomic mass is 35.5. The summed E-state index contributed by atoms with van der Waals surface area (Å²) in [5, 5.41) is 0. The summed E-state index contributed by atoms with van der Waals surface area (Å²) in [6.07, 6.45) is 5.70. The van der Waals surface area contributed by atoms with Gasteiger partial charge in [-0.15, -0.1) is 24.8 Å². The molecule has 1 aromatic rings. The molecule has 0 radical (unpaired) electrons. The number of hydrogen-bond acceptors (Lipinski definition) is 3. The van der Waals surface area contributed by atoms with E-state index in [9.17, 15) is 4.79 Å². The van der Waals surface area contributed by atoms with Gasteiger partial charge in [0.1, 0.15) is 0 Å².